The van der Waals surface area contributed by atoms with E-state index in [9.17, 15) is 125 Å². The van der Waals surface area contributed by atoms with Gasteiger partial charge in [0.1, 0.15) is 0 Å². The van der Waals surface area contributed by atoms with Crippen molar-refractivity contribution in [2.45, 2.75) is 157 Å². The number of unbranched alkanes of at least 4 members (excludes halogenated alkanes) is 1. The molecule has 0 rings (SSSR count). The van der Waals surface area contributed by atoms with E-state index < -0.39 is 159 Å². The van der Waals surface area contributed by atoms with Crippen molar-refractivity contribution in [1.29, 1.82) is 0 Å². The summed E-state index contributed by atoms with van der Waals surface area (Å²) in [6.45, 7) is -5.33. The van der Waals surface area contributed by atoms with Gasteiger partial charge in [0.05, 0.1) is 0 Å². The van der Waals surface area contributed by atoms with Crippen LogP contribution in [0.25, 0.3) is 0 Å². The van der Waals surface area contributed by atoms with Gasteiger partial charge in [-0.25, -0.2) is 19.2 Å². The van der Waals surface area contributed by atoms with Crippen LogP contribution in [0.3, 0.4) is 0 Å². The molecule has 0 bridgehead atoms. The van der Waals surface area contributed by atoms with Crippen LogP contribution in [-0.4, -0.2) is 146 Å². The SMILES string of the molecule is CCCCNC(=O)OCC(F)(F)C(F)(F)C(F)(F)C(F)(F)C(F)(F)C(F)(F)COC(=O)NCC(C)(C)CC(C)CCNC(=O)OCC(F)(F)C(F)(F)C(F)(F)C(F)(F)C(F)(F)C(F)(F)CC(CCC)NC(=O)O. The van der Waals surface area contributed by atoms with Gasteiger partial charge in [-0.3, -0.25) is 0 Å². The summed E-state index contributed by atoms with van der Waals surface area (Å²) in [5, 5.41) is 14.6. The highest BCUT2D eigenvalue weighted by Gasteiger charge is 2.91. The van der Waals surface area contributed by atoms with Crippen molar-refractivity contribution in [3.8, 4) is 0 Å². The summed E-state index contributed by atoms with van der Waals surface area (Å²) in [7, 11) is 0. The third-order valence-electron chi connectivity index (χ3n) is 10.1. The molecule has 2 atom stereocenters. The monoisotopic (exact) mass is 1130 g/mol. The van der Waals surface area contributed by atoms with E-state index in [1.165, 1.54) is 33.0 Å². The molecule has 432 valence electrons. The number of halogens is 24. The first-order valence-corrected chi connectivity index (χ1v) is 20.6. The first-order chi connectivity index (χ1) is 32.4. The molecule has 36 heteroatoms. The Bertz CT molecular complexity index is 1840. The van der Waals surface area contributed by atoms with Crippen LogP contribution in [0.5, 0.6) is 0 Å². The number of hydrogen-bond donors (Lipinski definition) is 5. The molecule has 0 saturated heterocycles. The van der Waals surface area contributed by atoms with Crippen molar-refractivity contribution >= 4 is 24.4 Å². The number of alkyl carbamates (subject to hydrolysis) is 3. The van der Waals surface area contributed by atoms with Gasteiger partial charge in [0.25, 0.3) is 0 Å². The molecule has 0 radical (unpaired) electrons. The molecular weight excluding hydrogens is 1080 g/mol. The molecule has 0 fully saturated rings. The number of hydrogen-bond acceptors (Lipinski definition) is 7. The fourth-order valence-electron chi connectivity index (χ4n) is 6.00. The van der Waals surface area contributed by atoms with Gasteiger partial charge in [-0.15, -0.1) is 0 Å². The maximum absolute atomic E-state index is 14.3. The molecule has 12 nitrogen and oxygen atoms in total. The molecule has 0 aliphatic rings. The van der Waals surface area contributed by atoms with Crippen LogP contribution in [0.1, 0.15) is 79.6 Å². The Kier molecular flexibility index (Phi) is 22.4. The predicted octanol–water partition coefficient (Wildman–Crippen LogP) is 11.9. The molecule has 0 aromatic heterocycles. The number of carbonyl (C=O) groups is 4. The Morgan fingerprint density at radius 3 is 1.11 bits per heavy atom. The second kappa shape index (κ2) is 23.9. The fourth-order valence-corrected chi connectivity index (χ4v) is 6.00. The zero-order valence-corrected chi connectivity index (χ0v) is 38.2. The van der Waals surface area contributed by atoms with Crippen LogP contribution in [0, 0.1) is 11.3 Å². The normalized spacial score (nSPS) is 15.2. The van der Waals surface area contributed by atoms with Crippen molar-refractivity contribution in [2.75, 3.05) is 39.5 Å². The van der Waals surface area contributed by atoms with Gasteiger partial charge in [0.2, 0.25) is 0 Å². The van der Waals surface area contributed by atoms with Gasteiger partial charge < -0.3 is 40.6 Å². The highest BCUT2D eigenvalue weighted by Crippen LogP contribution is 2.62. The van der Waals surface area contributed by atoms with E-state index in [4.69, 9.17) is 5.11 Å². The summed E-state index contributed by atoms with van der Waals surface area (Å²) >= 11 is 0. The van der Waals surface area contributed by atoms with E-state index in [2.05, 4.69) is 14.2 Å². The molecule has 0 aliphatic heterocycles. The summed E-state index contributed by atoms with van der Waals surface area (Å²) < 4.78 is 353. The van der Waals surface area contributed by atoms with E-state index >= 15 is 0 Å². The Labute approximate surface area is 397 Å². The summed E-state index contributed by atoms with van der Waals surface area (Å²) in [5.41, 5.74) is -1.34. The molecule has 0 saturated carbocycles. The Hall–Kier alpha value is -4.60. The Morgan fingerprint density at radius 1 is 0.452 bits per heavy atom. The van der Waals surface area contributed by atoms with E-state index in [1.54, 1.807) is 16.0 Å². The number of amides is 4. The second-order valence-corrected chi connectivity index (χ2v) is 17.1. The summed E-state index contributed by atoms with van der Waals surface area (Å²) in [5.74, 6) is -90.3. The molecule has 4 amide bonds. The number of alkyl halides is 24. The minimum absolute atomic E-state index is 0.128. The van der Waals surface area contributed by atoms with Gasteiger partial charge in [0, 0.05) is 32.1 Å². The first kappa shape index (κ1) is 68.4. The topological polar surface area (TPSA) is 164 Å². The third-order valence-corrected chi connectivity index (χ3v) is 10.1. The van der Waals surface area contributed by atoms with Gasteiger partial charge in [-0.1, -0.05) is 47.5 Å². The molecular formula is C37H48F24N4O8. The zero-order valence-electron chi connectivity index (χ0n) is 38.2. The van der Waals surface area contributed by atoms with E-state index in [0.717, 1.165) is 6.92 Å². The highest BCUT2D eigenvalue weighted by atomic mass is 19.4. The lowest BCUT2D eigenvalue weighted by atomic mass is 9.82. The Balaban J connectivity index is 5.56. The van der Waals surface area contributed by atoms with Crippen LogP contribution < -0.4 is 21.3 Å². The largest absolute Gasteiger partial charge is 0.465 e. The molecule has 0 spiro atoms. The van der Waals surface area contributed by atoms with Crippen LogP contribution in [0.15, 0.2) is 0 Å². The minimum Gasteiger partial charge on any atom is -0.465 e. The summed E-state index contributed by atoms with van der Waals surface area (Å²) in [6, 6.07) is -2.37. The lowest BCUT2D eigenvalue weighted by Gasteiger charge is -2.41. The maximum atomic E-state index is 14.3. The molecule has 0 aromatic carbocycles. The Morgan fingerprint density at radius 2 is 0.781 bits per heavy atom. The zero-order chi connectivity index (χ0) is 58.1. The number of carbonyl (C=O) groups excluding carboxylic acids is 3. The average molecular weight is 1130 g/mol. The van der Waals surface area contributed by atoms with Crippen LogP contribution in [-0.2, 0) is 14.2 Å². The quantitative estimate of drug-likeness (QED) is 0.0260. The van der Waals surface area contributed by atoms with Crippen LogP contribution in [0.4, 0.5) is 125 Å². The van der Waals surface area contributed by atoms with Crippen molar-refractivity contribution in [2.24, 2.45) is 11.3 Å². The number of ether oxygens (including phenoxy) is 3. The van der Waals surface area contributed by atoms with Gasteiger partial charge >= 0.3 is 95.4 Å². The maximum Gasteiger partial charge on any atom is 0.407 e. The third kappa shape index (κ3) is 15.3. The van der Waals surface area contributed by atoms with Gasteiger partial charge in [-0.05, 0) is 37.0 Å². The van der Waals surface area contributed by atoms with Crippen molar-refractivity contribution < 1.29 is 144 Å². The van der Waals surface area contributed by atoms with Crippen LogP contribution in [0.2, 0.25) is 0 Å². The predicted molar refractivity (Wildman–Crippen MR) is 199 cm³/mol. The summed E-state index contributed by atoms with van der Waals surface area (Å²) in [6.07, 6.45) is -12.6. The molecule has 2 unspecified atom stereocenters. The van der Waals surface area contributed by atoms with E-state index in [1.807, 2.05) is 0 Å². The second-order valence-electron chi connectivity index (χ2n) is 17.1. The van der Waals surface area contributed by atoms with Crippen molar-refractivity contribution in [3.63, 3.8) is 0 Å². The average Bonchev–Trinajstić information content (AvgIpc) is 3.22. The van der Waals surface area contributed by atoms with E-state index in [-0.39, 0.29) is 32.2 Å². The van der Waals surface area contributed by atoms with Gasteiger partial charge in [0.15, 0.2) is 19.8 Å². The molecule has 0 heterocycles. The number of rotatable bonds is 31. The minimum atomic E-state index is -8.08. The fraction of sp³-hybridized carbons (Fsp3) is 0.892. The highest BCUT2D eigenvalue weighted by molar-refractivity contribution is 5.68. The van der Waals surface area contributed by atoms with Gasteiger partial charge in [-0.2, -0.15) is 105 Å². The molecule has 73 heavy (non-hydrogen) atoms. The number of nitrogens with one attached hydrogen (secondary N) is 4. The standard InChI is InChI=1S/C37H48F24N4O8/c1-6-8-11-62-22(68)71-16-27(40,41)32(50,51)36(58,59)37(60,61)33(52,53)29(44,45)18-73-24(70)64-15-25(4,5)13-19(3)10-12-63-23(69)72-17-28(42,43)31(48,49)35(56,57)34(54,55)30(46,47)26(38,39)14-20(9-7-2)65-21(66)67/h19-20,65H,6-18H2,1-5H3,(H,62,68)(H,63,69)(H,64,70)(H,66,67). The lowest BCUT2D eigenvalue weighted by Crippen LogP contribution is -2.71. The van der Waals surface area contributed by atoms with Crippen molar-refractivity contribution in [1.82, 2.24) is 21.3 Å². The first-order valence-electron chi connectivity index (χ1n) is 20.6. The smallest absolute Gasteiger partial charge is 0.407 e. The van der Waals surface area contributed by atoms with Crippen LogP contribution >= 0.6 is 0 Å². The van der Waals surface area contributed by atoms with Crippen molar-refractivity contribution in [3.05, 3.63) is 0 Å². The summed E-state index contributed by atoms with van der Waals surface area (Å²) in [4.78, 5) is 45.9. The number of carboxylic acid groups (broad SMARTS) is 1. The lowest BCUT2D eigenvalue weighted by molar-refractivity contribution is -0.427. The molecule has 0 aromatic rings. The molecule has 0 aliphatic carbocycles. The van der Waals surface area contributed by atoms with E-state index in [0.29, 0.717) is 6.42 Å². The molecule has 5 N–H and O–H groups in total.